The maximum absolute atomic E-state index is 11.1. The topological polar surface area (TPSA) is 135 Å². The maximum atomic E-state index is 11.1. The van der Waals surface area contributed by atoms with Crippen molar-refractivity contribution in [3.05, 3.63) is 0 Å². The van der Waals surface area contributed by atoms with E-state index in [4.69, 9.17) is 5.73 Å². The zero-order valence-corrected chi connectivity index (χ0v) is 21.5. The number of unbranched alkanes of at least 4 members (excludes halogenated alkanes) is 4. The molecule has 0 radical (unpaired) electrons. The summed E-state index contributed by atoms with van der Waals surface area (Å²) >= 11 is 0. The van der Waals surface area contributed by atoms with Gasteiger partial charge in [0.25, 0.3) is 0 Å². The van der Waals surface area contributed by atoms with Crippen LogP contribution in [0.1, 0.15) is 110 Å². The second-order valence-corrected chi connectivity index (χ2v) is 7.26. The average molecular weight is 480 g/mol. The molecule has 0 bridgehead atoms. The number of rotatable bonds is 14. The zero-order valence-electron chi connectivity index (χ0n) is 21.5. The van der Waals surface area contributed by atoms with Crippen molar-refractivity contribution in [2.24, 2.45) is 11.7 Å². The highest BCUT2D eigenvalue weighted by molar-refractivity contribution is 5.87. The van der Waals surface area contributed by atoms with Crippen LogP contribution in [0.25, 0.3) is 0 Å². The predicted molar refractivity (Wildman–Crippen MR) is 142 cm³/mol. The monoisotopic (exact) mass is 479 g/mol. The molecule has 0 aromatic carbocycles. The average Bonchev–Trinajstić information content (AvgIpc) is 2.79. The first kappa shape index (κ1) is 41.2. The normalized spacial score (nSPS) is 9.73. The smallest absolute Gasteiger partial charge is 0.237 e. The van der Waals surface area contributed by atoms with Gasteiger partial charge in [-0.15, -0.1) is 0 Å². The number of hydrogen-bond donors (Lipinski definition) is 3. The third-order valence-electron chi connectivity index (χ3n) is 3.84. The third kappa shape index (κ3) is 40.8. The highest BCUT2D eigenvalue weighted by Gasteiger charge is 2.16. The number of amides is 2. The van der Waals surface area contributed by atoms with Crippen LogP contribution < -0.4 is 16.4 Å². The van der Waals surface area contributed by atoms with Crippen molar-refractivity contribution < 1.29 is 26.8 Å². The van der Waals surface area contributed by atoms with Gasteiger partial charge in [-0.25, -0.2) is 0 Å². The van der Waals surface area contributed by atoms with Crippen LogP contribution in [-0.4, -0.2) is 49.3 Å². The van der Waals surface area contributed by atoms with Crippen molar-refractivity contribution in [3.8, 4) is 0 Å². The first-order chi connectivity index (χ1) is 15.2. The van der Waals surface area contributed by atoms with Crippen molar-refractivity contribution in [1.29, 1.82) is 0 Å². The lowest BCUT2D eigenvalue weighted by molar-refractivity contribution is -0.126. The minimum absolute atomic E-state index is 0. The fourth-order valence-electron chi connectivity index (χ4n) is 1.67. The summed E-state index contributed by atoms with van der Waals surface area (Å²) in [6.07, 6.45) is 8.17. The molecule has 0 fully saturated rings. The molecule has 0 saturated carbocycles. The molecule has 0 aliphatic carbocycles. The summed E-state index contributed by atoms with van der Waals surface area (Å²) in [5.41, 5.74) is 5.52. The van der Waals surface area contributed by atoms with Crippen molar-refractivity contribution in [1.82, 2.24) is 10.6 Å². The first-order valence-corrected chi connectivity index (χ1v) is 11.8. The van der Waals surface area contributed by atoms with Crippen LogP contribution in [0, 0.1) is 5.92 Å². The van der Waals surface area contributed by atoms with Crippen molar-refractivity contribution in [2.45, 2.75) is 113 Å². The van der Waals surface area contributed by atoms with E-state index in [1.807, 2.05) is 27.7 Å². The standard InChI is InChI=1S/C10H17NO3.C8H16N2O2.C4H10.C2H6.CH4.2H2/c12-8-4-2-1-3-7-11-10(14)6-5-9-13;1-5(2)7(9)8(12)10-4-6(3)11;1-3-4-2;1-2;;;/h8-9H,1-7H2,(H,11,14);5,7H,4,9H2,1-3H3,(H,10,12);3-4H2,1-2H3;1-2H3;1H4;2*1H/t;7-;;;;;/m.0...../s1. The molecule has 0 rings (SSSR count). The molecule has 2 amide bonds. The van der Waals surface area contributed by atoms with Crippen molar-refractivity contribution in [3.63, 3.8) is 0 Å². The number of nitrogens with two attached hydrogens (primary N) is 1. The van der Waals surface area contributed by atoms with Crippen LogP contribution in [0.3, 0.4) is 0 Å². The van der Waals surface area contributed by atoms with E-state index in [2.05, 4.69) is 24.5 Å². The van der Waals surface area contributed by atoms with E-state index in [-0.39, 0.29) is 53.2 Å². The predicted octanol–water partition coefficient (Wildman–Crippen LogP) is 4.48. The van der Waals surface area contributed by atoms with Crippen molar-refractivity contribution in [2.75, 3.05) is 13.1 Å². The molecule has 202 valence electrons. The minimum atomic E-state index is -0.524. The van der Waals surface area contributed by atoms with Gasteiger partial charge in [-0.1, -0.05) is 68.2 Å². The molecule has 0 spiro atoms. The van der Waals surface area contributed by atoms with Crippen LogP contribution in [0.4, 0.5) is 0 Å². The molecule has 0 unspecified atom stereocenters. The fraction of sp³-hybridized carbons (Fsp3) is 0.800. The Morgan fingerprint density at radius 1 is 0.909 bits per heavy atom. The summed E-state index contributed by atoms with van der Waals surface area (Å²) in [6.45, 7) is 14.2. The highest BCUT2D eigenvalue weighted by Crippen LogP contribution is 1.97. The Balaban J connectivity index is -0.0000000686. The van der Waals surface area contributed by atoms with Crippen LogP contribution in [0.5, 0.6) is 0 Å². The zero-order chi connectivity index (χ0) is 25.8. The van der Waals surface area contributed by atoms with Crippen LogP contribution in [-0.2, 0) is 24.0 Å². The van der Waals surface area contributed by atoms with Gasteiger partial charge in [0.05, 0.1) is 12.6 Å². The summed E-state index contributed by atoms with van der Waals surface area (Å²) in [5.74, 6) is -0.316. The molecule has 0 heterocycles. The molecule has 0 aliphatic rings. The van der Waals surface area contributed by atoms with E-state index in [9.17, 15) is 24.0 Å². The number of hydrogen-bond acceptors (Lipinski definition) is 6. The van der Waals surface area contributed by atoms with E-state index in [1.54, 1.807) is 0 Å². The van der Waals surface area contributed by atoms with Gasteiger partial charge in [-0.05, 0) is 25.7 Å². The van der Waals surface area contributed by atoms with Crippen LogP contribution in [0.2, 0.25) is 0 Å². The third-order valence-corrected chi connectivity index (χ3v) is 3.84. The van der Waals surface area contributed by atoms with Gasteiger partial charge in [-0.3, -0.25) is 14.4 Å². The molecule has 0 aromatic heterocycles. The molecular weight excluding hydrogens is 422 g/mol. The quantitative estimate of drug-likeness (QED) is 0.248. The Morgan fingerprint density at radius 3 is 1.82 bits per heavy atom. The Bertz CT molecular complexity index is 478. The number of nitrogens with one attached hydrogen (secondary N) is 2. The molecule has 1 atom stereocenters. The number of aldehydes is 2. The molecule has 0 saturated heterocycles. The highest BCUT2D eigenvalue weighted by atomic mass is 16.2. The minimum Gasteiger partial charge on any atom is -0.356 e. The molecule has 0 aromatic rings. The maximum Gasteiger partial charge on any atom is 0.237 e. The van der Waals surface area contributed by atoms with E-state index < -0.39 is 6.04 Å². The number of ketones is 1. The number of carbonyl (C=O) groups excluding carboxylic acids is 5. The van der Waals surface area contributed by atoms with E-state index in [1.165, 1.54) is 19.8 Å². The van der Waals surface area contributed by atoms with Gasteiger partial charge in [0, 0.05) is 28.7 Å². The Hall–Kier alpha value is -2.09. The molecule has 8 nitrogen and oxygen atoms in total. The number of Topliss-reactive ketones (excluding diaryl/α,β-unsaturated/α-hetero) is 1. The van der Waals surface area contributed by atoms with Gasteiger partial charge in [0.15, 0.2) is 0 Å². The summed E-state index contributed by atoms with van der Waals surface area (Å²) in [4.78, 5) is 52.5. The van der Waals surface area contributed by atoms with Gasteiger partial charge in [0.1, 0.15) is 18.4 Å². The van der Waals surface area contributed by atoms with E-state index in [0.717, 1.165) is 31.8 Å². The van der Waals surface area contributed by atoms with Gasteiger partial charge in [0.2, 0.25) is 11.8 Å². The lowest BCUT2D eigenvalue weighted by atomic mass is 10.1. The molecule has 0 aliphatic heterocycles. The summed E-state index contributed by atoms with van der Waals surface area (Å²) in [5, 5.41) is 5.16. The summed E-state index contributed by atoms with van der Waals surface area (Å²) < 4.78 is 0. The Morgan fingerprint density at radius 2 is 1.42 bits per heavy atom. The van der Waals surface area contributed by atoms with Gasteiger partial charge < -0.3 is 26.0 Å². The molecular formula is C25H57N3O5. The van der Waals surface area contributed by atoms with Crippen LogP contribution in [0.15, 0.2) is 0 Å². The van der Waals surface area contributed by atoms with Gasteiger partial charge in [-0.2, -0.15) is 0 Å². The largest absolute Gasteiger partial charge is 0.356 e. The molecule has 4 N–H and O–H groups in total. The second-order valence-electron chi connectivity index (χ2n) is 7.26. The Labute approximate surface area is 206 Å². The van der Waals surface area contributed by atoms with Crippen molar-refractivity contribution >= 4 is 30.2 Å². The fourth-order valence-corrected chi connectivity index (χ4v) is 1.67. The first-order valence-electron chi connectivity index (χ1n) is 11.8. The lowest BCUT2D eigenvalue weighted by Crippen LogP contribution is -2.45. The number of carbonyl (C=O) groups is 5. The Kier molecular flexibility index (Phi) is 43.1. The lowest BCUT2D eigenvalue weighted by Gasteiger charge is -2.14. The van der Waals surface area contributed by atoms with Crippen LogP contribution >= 0.6 is 0 Å². The molecule has 33 heavy (non-hydrogen) atoms. The van der Waals surface area contributed by atoms with Gasteiger partial charge >= 0.3 is 0 Å². The van der Waals surface area contributed by atoms with E-state index in [0.29, 0.717) is 13.0 Å². The SMILES string of the molecule is C.CC.CC(=O)CNC(=O)[C@@H](N)C(C)C.CCCC.O=CCCCCCNC(=O)CCC=O.[HH].[HH]. The summed E-state index contributed by atoms with van der Waals surface area (Å²) in [7, 11) is 0. The second kappa shape index (κ2) is 34.5. The summed E-state index contributed by atoms with van der Waals surface area (Å²) in [6, 6.07) is -0.524. The molecule has 8 heteroatoms. The van der Waals surface area contributed by atoms with E-state index >= 15 is 0 Å².